The highest BCUT2D eigenvalue weighted by atomic mass is 79.9. The van der Waals surface area contributed by atoms with Crippen LogP contribution in [0.15, 0.2) is 27.1 Å². The van der Waals surface area contributed by atoms with E-state index in [9.17, 15) is 4.79 Å². The van der Waals surface area contributed by atoms with Crippen LogP contribution in [0.25, 0.3) is 0 Å². The monoisotopic (exact) mass is 346 g/mol. The molecule has 0 bridgehead atoms. The van der Waals surface area contributed by atoms with Crippen LogP contribution >= 0.6 is 31.9 Å². The van der Waals surface area contributed by atoms with E-state index in [4.69, 9.17) is 0 Å². The number of halogens is 2. The van der Waals surface area contributed by atoms with E-state index in [2.05, 4.69) is 42.5 Å². The van der Waals surface area contributed by atoms with Crippen molar-refractivity contribution >= 4 is 43.5 Å². The summed E-state index contributed by atoms with van der Waals surface area (Å²) in [5.41, 5.74) is 0.911. The summed E-state index contributed by atoms with van der Waals surface area (Å²) in [5.74, 6) is 0.0464. The standard InChI is InChI=1S/C11H12Br2N2O/c12-8-2-1-3-9(13)11(8)14-6-10(16)15-7-4-5-7/h1-3,7,14H,4-6H2,(H,15,16). The lowest BCUT2D eigenvalue weighted by Gasteiger charge is -2.10. The summed E-state index contributed by atoms with van der Waals surface area (Å²) in [4.78, 5) is 11.5. The highest BCUT2D eigenvalue weighted by Crippen LogP contribution is 2.30. The minimum atomic E-state index is 0.0464. The second-order valence-corrected chi connectivity index (χ2v) is 5.50. The molecule has 1 aliphatic rings. The van der Waals surface area contributed by atoms with E-state index in [0.29, 0.717) is 12.6 Å². The van der Waals surface area contributed by atoms with Crippen LogP contribution in [0.1, 0.15) is 12.8 Å². The summed E-state index contributed by atoms with van der Waals surface area (Å²) in [6, 6.07) is 6.22. The average molecular weight is 348 g/mol. The minimum absolute atomic E-state index is 0.0464. The Kier molecular flexibility index (Phi) is 3.86. The molecule has 1 aromatic carbocycles. The minimum Gasteiger partial charge on any atom is -0.374 e. The maximum absolute atomic E-state index is 11.5. The molecule has 0 aromatic heterocycles. The Morgan fingerprint density at radius 1 is 1.31 bits per heavy atom. The van der Waals surface area contributed by atoms with Crippen molar-refractivity contribution < 1.29 is 4.79 Å². The number of carbonyl (C=O) groups is 1. The average Bonchev–Trinajstić information content (AvgIpc) is 3.01. The van der Waals surface area contributed by atoms with E-state index >= 15 is 0 Å². The molecule has 3 nitrogen and oxygen atoms in total. The number of rotatable bonds is 4. The second-order valence-electron chi connectivity index (χ2n) is 3.79. The Labute approximate surface area is 111 Å². The molecule has 0 radical (unpaired) electrons. The number of nitrogens with one attached hydrogen (secondary N) is 2. The fraction of sp³-hybridized carbons (Fsp3) is 0.364. The maximum Gasteiger partial charge on any atom is 0.239 e. The second kappa shape index (κ2) is 5.19. The maximum atomic E-state index is 11.5. The van der Waals surface area contributed by atoms with Crippen molar-refractivity contribution in [1.29, 1.82) is 0 Å². The quantitative estimate of drug-likeness (QED) is 0.879. The molecule has 2 rings (SSSR count). The lowest BCUT2D eigenvalue weighted by molar-refractivity contribution is -0.119. The number of anilines is 1. The number of hydrogen-bond acceptors (Lipinski definition) is 2. The number of carbonyl (C=O) groups excluding carboxylic acids is 1. The molecule has 86 valence electrons. The van der Waals surface area contributed by atoms with Gasteiger partial charge in [-0.25, -0.2) is 0 Å². The lowest BCUT2D eigenvalue weighted by Crippen LogP contribution is -2.31. The van der Waals surface area contributed by atoms with E-state index < -0.39 is 0 Å². The van der Waals surface area contributed by atoms with Gasteiger partial charge in [0.05, 0.1) is 12.2 Å². The smallest absolute Gasteiger partial charge is 0.239 e. The van der Waals surface area contributed by atoms with E-state index in [-0.39, 0.29) is 5.91 Å². The van der Waals surface area contributed by atoms with Crippen LogP contribution in [-0.2, 0) is 4.79 Å². The SMILES string of the molecule is O=C(CNc1c(Br)cccc1Br)NC1CC1. The number of benzene rings is 1. The van der Waals surface area contributed by atoms with Gasteiger partial charge < -0.3 is 10.6 Å². The van der Waals surface area contributed by atoms with Gasteiger partial charge in [0.2, 0.25) is 5.91 Å². The van der Waals surface area contributed by atoms with E-state index in [0.717, 1.165) is 27.5 Å². The first-order chi connectivity index (χ1) is 7.66. The molecule has 5 heteroatoms. The Hall–Kier alpha value is -0.550. The van der Waals surface area contributed by atoms with Gasteiger partial charge in [-0.1, -0.05) is 6.07 Å². The van der Waals surface area contributed by atoms with E-state index in [1.807, 2.05) is 18.2 Å². The zero-order valence-electron chi connectivity index (χ0n) is 8.59. The predicted molar refractivity (Wildman–Crippen MR) is 71.5 cm³/mol. The van der Waals surface area contributed by atoms with Gasteiger partial charge in [-0.15, -0.1) is 0 Å². The number of para-hydroxylation sites is 1. The highest BCUT2D eigenvalue weighted by Gasteiger charge is 2.22. The first-order valence-electron chi connectivity index (χ1n) is 5.14. The lowest BCUT2D eigenvalue weighted by atomic mass is 10.3. The van der Waals surface area contributed by atoms with Crippen LogP contribution in [0.4, 0.5) is 5.69 Å². The fourth-order valence-corrected chi connectivity index (χ4v) is 2.62. The van der Waals surface area contributed by atoms with E-state index in [1.165, 1.54) is 0 Å². The van der Waals surface area contributed by atoms with Gasteiger partial charge in [-0.2, -0.15) is 0 Å². The number of amides is 1. The normalized spacial score (nSPS) is 14.6. The van der Waals surface area contributed by atoms with Crippen molar-refractivity contribution in [1.82, 2.24) is 5.32 Å². The summed E-state index contributed by atoms with van der Waals surface area (Å²) < 4.78 is 1.89. The molecule has 16 heavy (non-hydrogen) atoms. The van der Waals surface area contributed by atoms with Crippen LogP contribution in [0.3, 0.4) is 0 Å². The number of hydrogen-bond donors (Lipinski definition) is 2. The third-order valence-electron chi connectivity index (χ3n) is 2.33. The predicted octanol–water partition coefficient (Wildman–Crippen LogP) is 2.90. The van der Waals surface area contributed by atoms with Crippen LogP contribution < -0.4 is 10.6 Å². The summed E-state index contributed by atoms with van der Waals surface area (Å²) in [6.45, 7) is 0.303. The van der Waals surface area contributed by atoms with Gasteiger partial charge in [0.1, 0.15) is 0 Å². The molecule has 0 saturated heterocycles. The van der Waals surface area contributed by atoms with Crippen LogP contribution in [0, 0.1) is 0 Å². The Balaban J connectivity index is 1.90. The van der Waals surface area contributed by atoms with Gasteiger partial charge in [-0.05, 0) is 56.8 Å². The molecule has 0 aliphatic heterocycles. The highest BCUT2D eigenvalue weighted by molar-refractivity contribution is 9.11. The van der Waals surface area contributed by atoms with Crippen molar-refractivity contribution in [3.8, 4) is 0 Å². The van der Waals surface area contributed by atoms with Gasteiger partial charge in [0.25, 0.3) is 0 Å². The van der Waals surface area contributed by atoms with Gasteiger partial charge in [0, 0.05) is 15.0 Å². The molecule has 1 aliphatic carbocycles. The summed E-state index contributed by atoms with van der Waals surface area (Å²) >= 11 is 6.87. The van der Waals surface area contributed by atoms with Gasteiger partial charge >= 0.3 is 0 Å². The van der Waals surface area contributed by atoms with Crippen molar-refractivity contribution in [2.45, 2.75) is 18.9 Å². The molecule has 0 atom stereocenters. The fourth-order valence-electron chi connectivity index (χ4n) is 1.34. The topological polar surface area (TPSA) is 41.1 Å². The van der Waals surface area contributed by atoms with Crippen molar-refractivity contribution in [2.24, 2.45) is 0 Å². The van der Waals surface area contributed by atoms with E-state index in [1.54, 1.807) is 0 Å². The molecule has 1 fully saturated rings. The Morgan fingerprint density at radius 2 is 1.94 bits per heavy atom. The summed E-state index contributed by atoms with van der Waals surface area (Å²) in [7, 11) is 0. The van der Waals surface area contributed by atoms with Crippen LogP contribution in [0.2, 0.25) is 0 Å². The molecule has 0 unspecified atom stereocenters. The Morgan fingerprint density at radius 3 is 2.50 bits per heavy atom. The molecule has 0 heterocycles. The molecule has 1 saturated carbocycles. The van der Waals surface area contributed by atoms with Crippen molar-refractivity contribution in [3.05, 3.63) is 27.1 Å². The molecule has 2 N–H and O–H groups in total. The first kappa shape index (κ1) is 11.9. The van der Waals surface area contributed by atoms with Crippen LogP contribution in [0.5, 0.6) is 0 Å². The first-order valence-corrected chi connectivity index (χ1v) is 6.72. The molecular weight excluding hydrogens is 336 g/mol. The molecular formula is C11H12Br2N2O. The zero-order valence-corrected chi connectivity index (χ0v) is 11.8. The van der Waals surface area contributed by atoms with Gasteiger partial charge in [-0.3, -0.25) is 4.79 Å². The summed E-state index contributed by atoms with van der Waals surface area (Å²) in [5, 5.41) is 6.04. The Bertz CT molecular complexity index is 385. The van der Waals surface area contributed by atoms with Crippen molar-refractivity contribution in [3.63, 3.8) is 0 Å². The van der Waals surface area contributed by atoms with Crippen molar-refractivity contribution in [2.75, 3.05) is 11.9 Å². The third-order valence-corrected chi connectivity index (χ3v) is 3.65. The third kappa shape index (κ3) is 3.22. The molecule has 1 amide bonds. The summed E-state index contributed by atoms with van der Waals surface area (Å²) in [6.07, 6.45) is 2.23. The van der Waals surface area contributed by atoms with Crippen LogP contribution in [-0.4, -0.2) is 18.5 Å². The molecule has 0 spiro atoms. The zero-order chi connectivity index (χ0) is 11.5. The largest absolute Gasteiger partial charge is 0.374 e. The molecule has 1 aromatic rings. The van der Waals surface area contributed by atoms with Gasteiger partial charge in [0.15, 0.2) is 0 Å².